The van der Waals surface area contributed by atoms with Crippen LogP contribution in [0.5, 0.6) is 0 Å². The summed E-state index contributed by atoms with van der Waals surface area (Å²) in [7, 11) is -2.60. The van der Waals surface area contributed by atoms with Crippen molar-refractivity contribution in [3.63, 3.8) is 0 Å². The molecule has 1 amide bonds. The molecule has 0 aromatic carbocycles. The molecule has 2 rings (SSSR count). The van der Waals surface area contributed by atoms with E-state index in [4.69, 9.17) is 0 Å². The quantitative estimate of drug-likeness (QED) is 0.637. The third kappa shape index (κ3) is 2.13. The maximum Gasteiger partial charge on any atom is 0.421 e. The highest BCUT2D eigenvalue weighted by molar-refractivity contribution is 7.87. The van der Waals surface area contributed by atoms with Crippen LogP contribution in [0.4, 0.5) is 4.79 Å². The number of carbonyl (C=O) groups is 1. The summed E-state index contributed by atoms with van der Waals surface area (Å²) in [6.07, 6.45) is -0.949. The van der Waals surface area contributed by atoms with E-state index in [9.17, 15) is 13.2 Å². The van der Waals surface area contributed by atoms with Crippen molar-refractivity contribution in [2.75, 3.05) is 33.3 Å². The van der Waals surface area contributed by atoms with Crippen LogP contribution in [0.1, 0.15) is 0 Å². The molecule has 0 aliphatic carbocycles. The van der Waals surface area contributed by atoms with E-state index in [0.29, 0.717) is 24.9 Å². The van der Waals surface area contributed by atoms with Crippen LogP contribution in [-0.4, -0.2) is 52.1 Å². The topological polar surface area (TPSA) is 87.7 Å². The number of nitrogens with zero attached hydrogens (tertiary/aromatic N) is 1. The number of carbonyl (C=O) groups excluding carboxylic acids is 1. The van der Waals surface area contributed by atoms with E-state index in [-0.39, 0.29) is 0 Å². The monoisotopic (exact) mass is 249 g/mol. The molecule has 2 heterocycles. The average Bonchev–Trinajstić information content (AvgIpc) is 2.75. The zero-order chi connectivity index (χ0) is 11.8. The van der Waals surface area contributed by atoms with E-state index in [0.717, 1.165) is 20.2 Å². The van der Waals surface area contributed by atoms with Gasteiger partial charge in [0, 0.05) is 13.1 Å². The molecule has 2 aliphatic rings. The Kier molecular flexibility index (Phi) is 3.04. The van der Waals surface area contributed by atoms with Crippen molar-refractivity contribution in [3.05, 3.63) is 0 Å². The lowest BCUT2D eigenvalue weighted by molar-refractivity contribution is 0.177. The average molecular weight is 249 g/mol. The largest absolute Gasteiger partial charge is 0.452 e. The summed E-state index contributed by atoms with van der Waals surface area (Å²) in [6, 6.07) is 0. The molecule has 0 aromatic heterocycles. The molecule has 0 spiro atoms. The van der Waals surface area contributed by atoms with Gasteiger partial charge >= 0.3 is 16.3 Å². The van der Waals surface area contributed by atoms with Gasteiger partial charge in [0.15, 0.2) is 0 Å². The van der Waals surface area contributed by atoms with E-state index in [1.54, 1.807) is 0 Å². The first-order valence-corrected chi connectivity index (χ1v) is 6.53. The van der Waals surface area contributed by atoms with Gasteiger partial charge < -0.3 is 10.1 Å². The van der Waals surface area contributed by atoms with Gasteiger partial charge in [0.25, 0.3) is 0 Å². The van der Waals surface area contributed by atoms with Crippen molar-refractivity contribution in [2.24, 2.45) is 11.8 Å². The van der Waals surface area contributed by atoms with Gasteiger partial charge in [-0.25, -0.2) is 9.52 Å². The molecule has 7 nitrogen and oxygen atoms in total. The fourth-order valence-electron chi connectivity index (χ4n) is 2.22. The van der Waals surface area contributed by atoms with Crippen molar-refractivity contribution >= 4 is 16.3 Å². The highest BCUT2D eigenvalue weighted by atomic mass is 32.2. The highest BCUT2D eigenvalue weighted by Crippen LogP contribution is 2.27. The molecule has 2 saturated heterocycles. The minimum absolute atomic E-state index is 0.356. The van der Waals surface area contributed by atoms with Gasteiger partial charge in [-0.2, -0.15) is 12.7 Å². The molecule has 0 radical (unpaired) electrons. The summed E-state index contributed by atoms with van der Waals surface area (Å²) < 4.78 is 30.9. The Morgan fingerprint density at radius 3 is 2.44 bits per heavy atom. The Balaban J connectivity index is 2.00. The predicted molar refractivity (Wildman–Crippen MR) is 55.9 cm³/mol. The number of ether oxygens (including phenoxy) is 1. The molecule has 8 heteroatoms. The molecule has 2 unspecified atom stereocenters. The lowest BCUT2D eigenvalue weighted by Gasteiger charge is -2.16. The SMILES string of the molecule is COC(=O)NS(=O)(=O)N1CC2CNCC2C1. The Hall–Kier alpha value is -0.860. The molecule has 2 fully saturated rings. The van der Waals surface area contributed by atoms with Crippen LogP contribution in [0.25, 0.3) is 0 Å². The first kappa shape index (κ1) is 11.6. The zero-order valence-corrected chi connectivity index (χ0v) is 9.79. The first-order valence-electron chi connectivity index (χ1n) is 5.09. The van der Waals surface area contributed by atoms with E-state index < -0.39 is 16.3 Å². The summed E-state index contributed by atoms with van der Waals surface area (Å²) in [5.74, 6) is 0.712. The number of rotatable bonds is 2. The van der Waals surface area contributed by atoms with Crippen LogP contribution < -0.4 is 10.0 Å². The Morgan fingerprint density at radius 1 is 1.38 bits per heavy atom. The lowest BCUT2D eigenvalue weighted by Crippen LogP contribution is -2.43. The smallest absolute Gasteiger partial charge is 0.421 e. The second-order valence-corrected chi connectivity index (χ2v) is 5.76. The maximum absolute atomic E-state index is 11.7. The fourth-order valence-corrected chi connectivity index (χ4v) is 3.42. The van der Waals surface area contributed by atoms with Gasteiger partial charge in [-0.3, -0.25) is 0 Å². The van der Waals surface area contributed by atoms with E-state index in [2.05, 4.69) is 10.1 Å². The second-order valence-electron chi connectivity index (χ2n) is 4.09. The predicted octanol–water partition coefficient (Wildman–Crippen LogP) is -1.26. The third-order valence-electron chi connectivity index (χ3n) is 3.09. The van der Waals surface area contributed by atoms with Crippen LogP contribution >= 0.6 is 0 Å². The maximum atomic E-state index is 11.7. The molecule has 0 aromatic rings. The van der Waals surface area contributed by atoms with Gasteiger partial charge in [0.2, 0.25) is 0 Å². The normalized spacial score (nSPS) is 30.1. The van der Waals surface area contributed by atoms with Crippen LogP contribution in [0.3, 0.4) is 0 Å². The number of amides is 1. The van der Waals surface area contributed by atoms with Crippen molar-refractivity contribution < 1.29 is 17.9 Å². The summed E-state index contributed by atoms with van der Waals surface area (Å²) in [5, 5.41) is 3.21. The Bertz CT molecular complexity index is 371. The summed E-state index contributed by atoms with van der Waals surface area (Å²) in [4.78, 5) is 10.9. The molecule has 16 heavy (non-hydrogen) atoms. The Labute approximate surface area is 94.3 Å². The molecular formula is C8H15N3O4S. The molecule has 0 bridgehead atoms. The van der Waals surface area contributed by atoms with Gasteiger partial charge in [0.05, 0.1) is 7.11 Å². The third-order valence-corrected chi connectivity index (χ3v) is 4.50. The van der Waals surface area contributed by atoms with E-state index in [1.165, 1.54) is 4.31 Å². The van der Waals surface area contributed by atoms with Gasteiger partial charge in [-0.1, -0.05) is 0 Å². The summed E-state index contributed by atoms with van der Waals surface area (Å²) in [6.45, 7) is 2.61. The first-order chi connectivity index (χ1) is 7.53. The zero-order valence-electron chi connectivity index (χ0n) is 8.97. The lowest BCUT2D eigenvalue weighted by atomic mass is 10.0. The number of hydrogen-bond acceptors (Lipinski definition) is 5. The van der Waals surface area contributed by atoms with Crippen LogP contribution in [0.2, 0.25) is 0 Å². The number of hydrogen-bond donors (Lipinski definition) is 2. The molecule has 2 aliphatic heterocycles. The standard InChI is InChI=1S/C8H15N3O4S/c1-15-8(12)10-16(13,14)11-4-6-2-9-3-7(6)5-11/h6-7,9H,2-5H2,1H3,(H,10,12). The minimum Gasteiger partial charge on any atom is -0.452 e. The van der Waals surface area contributed by atoms with Crippen LogP contribution in [0.15, 0.2) is 0 Å². The van der Waals surface area contributed by atoms with Crippen molar-refractivity contribution in [3.8, 4) is 0 Å². The number of methoxy groups -OCH3 is 1. The molecule has 2 atom stereocenters. The molecular weight excluding hydrogens is 234 g/mol. The van der Waals surface area contributed by atoms with Crippen molar-refractivity contribution in [1.29, 1.82) is 0 Å². The van der Waals surface area contributed by atoms with Crippen molar-refractivity contribution in [2.45, 2.75) is 0 Å². The molecule has 2 N–H and O–H groups in total. The van der Waals surface area contributed by atoms with Gasteiger partial charge in [-0.05, 0) is 24.9 Å². The summed E-state index contributed by atoms with van der Waals surface area (Å²) >= 11 is 0. The molecule has 92 valence electrons. The van der Waals surface area contributed by atoms with Crippen LogP contribution in [0, 0.1) is 11.8 Å². The van der Waals surface area contributed by atoms with Crippen LogP contribution in [-0.2, 0) is 14.9 Å². The number of nitrogens with one attached hydrogen (secondary N) is 2. The van der Waals surface area contributed by atoms with E-state index >= 15 is 0 Å². The molecule has 0 saturated carbocycles. The highest BCUT2D eigenvalue weighted by Gasteiger charge is 2.41. The fraction of sp³-hybridized carbons (Fsp3) is 0.875. The van der Waals surface area contributed by atoms with Crippen molar-refractivity contribution in [1.82, 2.24) is 14.3 Å². The van der Waals surface area contributed by atoms with Gasteiger partial charge in [0.1, 0.15) is 0 Å². The van der Waals surface area contributed by atoms with Gasteiger partial charge in [-0.15, -0.1) is 0 Å². The summed E-state index contributed by atoms with van der Waals surface area (Å²) in [5.41, 5.74) is 0. The van der Waals surface area contributed by atoms with E-state index in [1.807, 2.05) is 4.72 Å². The minimum atomic E-state index is -3.73. The second kappa shape index (κ2) is 4.19. The Morgan fingerprint density at radius 2 is 1.94 bits per heavy atom. The number of fused-ring (bicyclic) bond motifs is 1.